The van der Waals surface area contributed by atoms with Crippen molar-refractivity contribution in [2.45, 2.75) is 26.7 Å². The molecule has 0 amide bonds. The molecule has 1 aliphatic rings. The van der Waals surface area contributed by atoms with Crippen LogP contribution in [0.2, 0.25) is 0 Å². The van der Waals surface area contributed by atoms with E-state index in [2.05, 4.69) is 30.8 Å². The van der Waals surface area contributed by atoms with Crippen LogP contribution >= 0.6 is 0 Å². The highest BCUT2D eigenvalue weighted by molar-refractivity contribution is 5.98. The molecule has 1 rings (SSSR count). The first-order valence-corrected chi connectivity index (χ1v) is 4.91. The van der Waals surface area contributed by atoms with Crippen LogP contribution in [0.1, 0.15) is 26.7 Å². The molecule has 0 aromatic rings. The van der Waals surface area contributed by atoms with E-state index in [1.165, 1.54) is 11.3 Å². The highest BCUT2D eigenvalue weighted by atomic mass is 15.1. The molecular formula is C12H18N2. The van der Waals surface area contributed by atoms with Gasteiger partial charge in [-0.1, -0.05) is 12.7 Å². The number of allylic oxidation sites excluding steroid dienone is 3. The van der Waals surface area contributed by atoms with E-state index < -0.39 is 0 Å². The molecule has 0 fully saturated rings. The second-order valence-electron chi connectivity index (χ2n) is 3.45. The molecular weight excluding hydrogens is 172 g/mol. The van der Waals surface area contributed by atoms with E-state index in [9.17, 15) is 0 Å². The summed E-state index contributed by atoms with van der Waals surface area (Å²) in [5, 5.41) is 0. The van der Waals surface area contributed by atoms with Crippen molar-refractivity contribution in [3.05, 3.63) is 36.3 Å². The van der Waals surface area contributed by atoms with Gasteiger partial charge in [0.15, 0.2) is 0 Å². The fourth-order valence-electron chi connectivity index (χ4n) is 1.65. The fraction of sp³-hybridized carbons (Fsp3) is 0.417. The summed E-state index contributed by atoms with van der Waals surface area (Å²) in [6.07, 6.45) is 8.25. The lowest BCUT2D eigenvalue weighted by molar-refractivity contribution is 0.656. The zero-order valence-corrected chi connectivity index (χ0v) is 9.25. The fourth-order valence-corrected chi connectivity index (χ4v) is 1.65. The summed E-state index contributed by atoms with van der Waals surface area (Å²) in [5.74, 6) is 0. The van der Waals surface area contributed by atoms with Crippen molar-refractivity contribution in [1.29, 1.82) is 0 Å². The van der Waals surface area contributed by atoms with Crippen molar-refractivity contribution in [3.63, 3.8) is 0 Å². The van der Waals surface area contributed by atoms with Gasteiger partial charge in [0, 0.05) is 19.4 Å². The Bertz CT molecular complexity index is 308. The van der Waals surface area contributed by atoms with Gasteiger partial charge in [-0.2, -0.15) is 0 Å². The third-order valence-electron chi connectivity index (χ3n) is 2.49. The van der Waals surface area contributed by atoms with Gasteiger partial charge >= 0.3 is 0 Å². The van der Waals surface area contributed by atoms with Crippen LogP contribution < -0.4 is 0 Å². The van der Waals surface area contributed by atoms with E-state index in [-0.39, 0.29) is 0 Å². The number of aliphatic imine (C=N–C) groups is 1. The Balaban J connectivity index is 3.14. The zero-order chi connectivity index (χ0) is 10.6. The van der Waals surface area contributed by atoms with Crippen molar-refractivity contribution in [1.82, 2.24) is 4.90 Å². The molecule has 0 saturated carbocycles. The molecule has 14 heavy (non-hydrogen) atoms. The predicted molar refractivity (Wildman–Crippen MR) is 62.1 cm³/mol. The van der Waals surface area contributed by atoms with Crippen molar-refractivity contribution in [2.75, 3.05) is 7.05 Å². The van der Waals surface area contributed by atoms with E-state index in [0.29, 0.717) is 0 Å². The molecule has 0 N–H and O–H groups in total. The molecule has 0 aromatic heterocycles. The molecule has 76 valence electrons. The lowest BCUT2D eigenvalue weighted by atomic mass is 10.1. The average molecular weight is 190 g/mol. The van der Waals surface area contributed by atoms with Crippen LogP contribution in [0.4, 0.5) is 0 Å². The van der Waals surface area contributed by atoms with Gasteiger partial charge in [-0.15, -0.1) is 0 Å². The van der Waals surface area contributed by atoms with Gasteiger partial charge in [-0.3, -0.25) is 4.99 Å². The van der Waals surface area contributed by atoms with Gasteiger partial charge in [0.2, 0.25) is 0 Å². The molecule has 0 radical (unpaired) electrons. The van der Waals surface area contributed by atoms with Gasteiger partial charge in [-0.05, 0) is 32.3 Å². The normalized spacial score (nSPS) is 18.5. The summed E-state index contributed by atoms with van der Waals surface area (Å²) in [5.41, 5.74) is 3.63. The van der Waals surface area contributed by atoms with Crippen LogP contribution in [0.15, 0.2) is 41.3 Å². The Morgan fingerprint density at radius 2 is 2.36 bits per heavy atom. The first-order valence-electron chi connectivity index (χ1n) is 4.91. The molecule has 0 atom stereocenters. The van der Waals surface area contributed by atoms with Crippen LogP contribution in [-0.2, 0) is 0 Å². The standard InChI is InChI=1S/C12H18N2/c1-5-14-9-7-6-8-10(2)12(14)11(3)13-4/h5,7,9H,1,6,8H2,2-4H3. The Morgan fingerprint density at radius 3 is 2.93 bits per heavy atom. The maximum atomic E-state index is 4.24. The predicted octanol–water partition coefficient (Wildman–Crippen LogP) is 3.10. The van der Waals surface area contributed by atoms with Crippen molar-refractivity contribution in [3.8, 4) is 0 Å². The first kappa shape index (κ1) is 10.8. The van der Waals surface area contributed by atoms with Gasteiger partial charge < -0.3 is 4.90 Å². The second-order valence-corrected chi connectivity index (χ2v) is 3.45. The Kier molecular flexibility index (Phi) is 3.69. The van der Waals surface area contributed by atoms with Crippen molar-refractivity contribution >= 4 is 5.71 Å². The third kappa shape index (κ3) is 2.13. The van der Waals surface area contributed by atoms with Crippen LogP contribution in [0.3, 0.4) is 0 Å². The quantitative estimate of drug-likeness (QED) is 0.611. The Hall–Kier alpha value is -1.31. The maximum Gasteiger partial charge on any atom is 0.0647 e. The van der Waals surface area contributed by atoms with Gasteiger partial charge in [0.05, 0.1) is 11.4 Å². The van der Waals surface area contributed by atoms with E-state index in [4.69, 9.17) is 0 Å². The number of rotatable bonds is 2. The van der Waals surface area contributed by atoms with Gasteiger partial charge in [0.1, 0.15) is 0 Å². The minimum atomic E-state index is 1.06. The SMILES string of the molecule is C=CN1C=CCCC(C)=C1C(C)=NC. The van der Waals surface area contributed by atoms with Crippen LogP contribution in [0.5, 0.6) is 0 Å². The third-order valence-corrected chi connectivity index (χ3v) is 2.49. The molecule has 0 aromatic carbocycles. The second kappa shape index (κ2) is 4.80. The first-order chi connectivity index (χ1) is 6.70. The van der Waals surface area contributed by atoms with E-state index in [1.807, 2.05) is 25.1 Å². The zero-order valence-electron chi connectivity index (χ0n) is 9.25. The molecule has 0 spiro atoms. The monoisotopic (exact) mass is 190 g/mol. The molecule has 1 heterocycles. The Labute approximate surface area is 86.3 Å². The minimum Gasteiger partial charge on any atom is -0.323 e. The molecule has 0 bridgehead atoms. The van der Waals surface area contributed by atoms with Gasteiger partial charge in [0.25, 0.3) is 0 Å². The number of hydrogen-bond acceptors (Lipinski definition) is 2. The molecule has 2 nitrogen and oxygen atoms in total. The van der Waals surface area contributed by atoms with Crippen LogP contribution in [0, 0.1) is 0 Å². The molecule has 1 aliphatic heterocycles. The summed E-state index contributed by atoms with van der Waals surface area (Å²) in [4.78, 5) is 6.28. The maximum absolute atomic E-state index is 4.24. The molecule has 0 saturated heterocycles. The highest BCUT2D eigenvalue weighted by Gasteiger charge is 2.12. The topological polar surface area (TPSA) is 15.6 Å². The smallest absolute Gasteiger partial charge is 0.0647 e. The Morgan fingerprint density at radius 1 is 1.64 bits per heavy atom. The summed E-state index contributed by atoms with van der Waals surface area (Å²) in [7, 11) is 1.82. The lowest BCUT2D eigenvalue weighted by Gasteiger charge is -2.20. The summed E-state index contributed by atoms with van der Waals surface area (Å²) in [6, 6.07) is 0. The van der Waals surface area contributed by atoms with E-state index >= 15 is 0 Å². The number of hydrogen-bond donors (Lipinski definition) is 0. The minimum absolute atomic E-state index is 1.06. The summed E-state index contributed by atoms with van der Waals surface area (Å²) >= 11 is 0. The number of nitrogens with zero attached hydrogens (tertiary/aromatic N) is 2. The van der Waals surface area contributed by atoms with E-state index in [1.54, 1.807) is 0 Å². The summed E-state index contributed by atoms with van der Waals surface area (Å²) < 4.78 is 0. The largest absolute Gasteiger partial charge is 0.323 e. The molecule has 0 aliphatic carbocycles. The molecule has 0 unspecified atom stereocenters. The van der Waals surface area contributed by atoms with Crippen molar-refractivity contribution < 1.29 is 0 Å². The van der Waals surface area contributed by atoms with Crippen LogP contribution in [0.25, 0.3) is 0 Å². The molecule has 2 heteroatoms. The van der Waals surface area contributed by atoms with Gasteiger partial charge in [-0.25, -0.2) is 0 Å². The van der Waals surface area contributed by atoms with Crippen LogP contribution in [-0.4, -0.2) is 17.7 Å². The summed E-state index contributed by atoms with van der Waals surface area (Å²) in [6.45, 7) is 8.01. The lowest BCUT2D eigenvalue weighted by Crippen LogP contribution is -2.16. The average Bonchev–Trinajstić information content (AvgIpc) is 2.38. The highest BCUT2D eigenvalue weighted by Crippen LogP contribution is 2.21. The van der Waals surface area contributed by atoms with Crippen molar-refractivity contribution in [2.24, 2.45) is 4.99 Å². The van der Waals surface area contributed by atoms with E-state index in [0.717, 1.165) is 18.6 Å².